The van der Waals surface area contributed by atoms with Gasteiger partial charge in [0.1, 0.15) is 0 Å². The summed E-state index contributed by atoms with van der Waals surface area (Å²) >= 11 is -0.791. The van der Waals surface area contributed by atoms with Gasteiger partial charge in [0.15, 0.2) is 0 Å². The Morgan fingerprint density at radius 2 is 0.828 bits per heavy atom. The van der Waals surface area contributed by atoms with Gasteiger partial charge < -0.3 is 0 Å². The van der Waals surface area contributed by atoms with Gasteiger partial charge in [0.2, 0.25) is 0 Å². The molecule has 0 aliphatic rings. The van der Waals surface area contributed by atoms with E-state index in [9.17, 15) is 0 Å². The molecule has 1 radical (unpaired) electrons. The Kier molecular flexibility index (Phi) is 8.97. The fourth-order valence-electron chi connectivity index (χ4n) is 3.60. The van der Waals surface area contributed by atoms with Gasteiger partial charge >= 0.3 is 186 Å². The second-order valence-corrected chi connectivity index (χ2v) is 11.0. The molecule has 3 heteroatoms. The van der Waals surface area contributed by atoms with E-state index in [-0.39, 0.29) is 0 Å². The van der Waals surface area contributed by atoms with Crippen molar-refractivity contribution in [3.05, 3.63) is 58.7 Å². The van der Waals surface area contributed by atoms with Gasteiger partial charge in [0, 0.05) is 0 Å². The van der Waals surface area contributed by atoms with Crippen molar-refractivity contribution in [3.8, 4) is 0 Å². The third kappa shape index (κ3) is 6.20. The Hall–Kier alpha value is -1.58. The molecule has 0 saturated heterocycles. The van der Waals surface area contributed by atoms with Crippen molar-refractivity contribution in [2.24, 2.45) is 9.98 Å². The summed E-state index contributed by atoms with van der Waals surface area (Å²) in [5.41, 5.74) is 7.71. The van der Waals surface area contributed by atoms with Crippen LogP contribution in [-0.4, -0.2) is 26.9 Å². The molecule has 0 bridgehead atoms. The summed E-state index contributed by atoms with van der Waals surface area (Å²) < 4.78 is 4.32. The average Bonchev–Trinajstić information content (AvgIpc) is 2.66. The molecule has 2 nitrogen and oxygen atoms in total. The van der Waals surface area contributed by atoms with Crippen molar-refractivity contribution in [1.29, 1.82) is 0 Å². The van der Waals surface area contributed by atoms with Crippen LogP contribution in [0.4, 0.5) is 11.4 Å². The summed E-state index contributed by atoms with van der Waals surface area (Å²) in [4.78, 5) is 9.90. The molecule has 0 aromatic heterocycles. The number of para-hydroxylation sites is 2. The zero-order chi connectivity index (χ0) is 21.6. The third-order valence-electron chi connectivity index (χ3n) is 5.26. The second kappa shape index (κ2) is 11.0. The number of rotatable bonds is 8. The van der Waals surface area contributed by atoms with Crippen LogP contribution in [0.1, 0.15) is 101 Å². The van der Waals surface area contributed by atoms with Crippen molar-refractivity contribution >= 4 is 38.3 Å². The molecule has 0 unspecified atom stereocenters. The van der Waals surface area contributed by atoms with Crippen molar-refractivity contribution in [2.45, 2.75) is 79.1 Å². The molecule has 0 spiro atoms. The van der Waals surface area contributed by atoms with E-state index >= 15 is 0 Å². The summed E-state index contributed by atoms with van der Waals surface area (Å²) in [6, 6.07) is 13.2. The Morgan fingerprint density at radius 1 is 0.552 bits per heavy atom. The molecule has 0 N–H and O–H groups in total. The van der Waals surface area contributed by atoms with E-state index in [0.29, 0.717) is 23.7 Å². The molecule has 2 rings (SSSR count). The number of aliphatic imine (C=N–C) groups is 2. The van der Waals surface area contributed by atoms with Crippen LogP contribution in [0.2, 0.25) is 0 Å². The fourth-order valence-corrected chi connectivity index (χ4v) is 4.74. The first-order chi connectivity index (χ1) is 13.7. The first-order valence-corrected chi connectivity index (χ1v) is 13.7. The second-order valence-electron chi connectivity index (χ2n) is 8.94. The molecule has 2 aromatic rings. The van der Waals surface area contributed by atoms with Crippen molar-refractivity contribution in [3.63, 3.8) is 0 Å². The molecular formula is C26H36GaN2. The van der Waals surface area contributed by atoms with Gasteiger partial charge in [0.05, 0.1) is 0 Å². The Labute approximate surface area is 185 Å². The van der Waals surface area contributed by atoms with E-state index in [2.05, 4.69) is 101 Å². The zero-order valence-electron chi connectivity index (χ0n) is 19.4. The van der Waals surface area contributed by atoms with Crippen molar-refractivity contribution in [2.75, 3.05) is 0 Å². The first kappa shape index (κ1) is 23.7. The molecule has 0 atom stereocenters. The predicted octanol–water partition coefficient (Wildman–Crippen LogP) is 7.90. The standard InChI is InChI=1S/2C13H18N.Ga/c2*1-9(2)11-7-6-8-12(10(3)4)13(11)14-5;/h2*5-10H,1-4H3;. The van der Waals surface area contributed by atoms with Crippen molar-refractivity contribution in [1.82, 2.24) is 0 Å². The van der Waals surface area contributed by atoms with E-state index in [1.54, 1.807) is 0 Å². The van der Waals surface area contributed by atoms with Gasteiger partial charge in [-0.15, -0.1) is 0 Å². The van der Waals surface area contributed by atoms with E-state index in [1.165, 1.54) is 33.6 Å². The number of hydrogen-bond donors (Lipinski definition) is 0. The quantitative estimate of drug-likeness (QED) is 0.291. The van der Waals surface area contributed by atoms with Crippen LogP contribution in [0, 0.1) is 0 Å². The van der Waals surface area contributed by atoms with E-state index < -0.39 is 17.4 Å². The van der Waals surface area contributed by atoms with E-state index in [4.69, 9.17) is 9.98 Å². The Morgan fingerprint density at radius 3 is 1.07 bits per heavy atom. The molecule has 0 saturated carbocycles. The topological polar surface area (TPSA) is 24.7 Å². The normalized spacial score (nSPS) is 12.4. The fraction of sp³-hybridized carbons (Fsp3) is 0.462. The monoisotopic (exact) mass is 445 g/mol. The summed E-state index contributed by atoms with van der Waals surface area (Å²) in [5, 5.41) is 0. The van der Waals surface area contributed by atoms with Gasteiger partial charge in [-0.3, -0.25) is 0 Å². The summed E-state index contributed by atoms with van der Waals surface area (Å²) in [7, 11) is 0. The van der Waals surface area contributed by atoms with Crippen molar-refractivity contribution < 1.29 is 0 Å². The van der Waals surface area contributed by atoms with Crippen LogP contribution in [0.5, 0.6) is 0 Å². The molecule has 0 heterocycles. The molecule has 0 aliphatic carbocycles. The van der Waals surface area contributed by atoms with Gasteiger partial charge in [0.25, 0.3) is 0 Å². The molecule has 0 aliphatic heterocycles. The Balaban J connectivity index is 2.28. The van der Waals surface area contributed by atoms with Crippen LogP contribution in [0.3, 0.4) is 0 Å². The summed E-state index contributed by atoms with van der Waals surface area (Å²) in [6.45, 7) is 18.0. The number of benzene rings is 2. The maximum atomic E-state index is 4.95. The van der Waals surface area contributed by atoms with Crippen LogP contribution in [0.15, 0.2) is 46.4 Å². The van der Waals surface area contributed by atoms with Gasteiger partial charge in [-0.1, -0.05) is 0 Å². The van der Waals surface area contributed by atoms with Gasteiger partial charge in [-0.05, 0) is 0 Å². The van der Waals surface area contributed by atoms with Gasteiger partial charge in [-0.25, -0.2) is 0 Å². The minimum atomic E-state index is -0.791. The zero-order valence-corrected chi connectivity index (χ0v) is 21.8. The van der Waals surface area contributed by atoms with Crippen LogP contribution in [-0.2, 0) is 0 Å². The number of nitrogens with zero attached hydrogens (tertiary/aromatic N) is 2. The van der Waals surface area contributed by atoms with Gasteiger partial charge in [-0.2, -0.15) is 0 Å². The van der Waals surface area contributed by atoms with Crippen LogP contribution < -0.4 is 0 Å². The SMILES string of the molecule is CC(C)c1cccc(C(C)C)c1N=[CH][Ga][CH]=Nc1c(C(C)C)cccc1C(C)C. The summed E-state index contributed by atoms with van der Waals surface area (Å²) in [6.07, 6.45) is 0. The summed E-state index contributed by atoms with van der Waals surface area (Å²) in [5.74, 6) is 1.91. The average molecular weight is 446 g/mol. The van der Waals surface area contributed by atoms with Crippen LogP contribution in [0.25, 0.3) is 0 Å². The third-order valence-corrected chi connectivity index (χ3v) is 6.61. The maximum absolute atomic E-state index is 4.95. The number of hydrogen-bond acceptors (Lipinski definition) is 2. The molecule has 0 amide bonds. The minimum absolute atomic E-state index is 0.477. The van der Waals surface area contributed by atoms with E-state index in [0.717, 1.165) is 0 Å². The Bertz CT molecular complexity index is 737. The molecule has 29 heavy (non-hydrogen) atoms. The molecule has 2 aromatic carbocycles. The molecule has 153 valence electrons. The first-order valence-electron chi connectivity index (χ1n) is 10.9. The predicted molar refractivity (Wildman–Crippen MR) is 131 cm³/mol. The van der Waals surface area contributed by atoms with E-state index in [1.807, 2.05) is 0 Å². The van der Waals surface area contributed by atoms with Crippen LogP contribution >= 0.6 is 0 Å². The molecular weight excluding hydrogens is 410 g/mol. The molecule has 0 fully saturated rings.